The van der Waals surface area contributed by atoms with E-state index in [-0.39, 0.29) is 42.2 Å². The number of aryl methyl sites for hydroxylation is 1. The summed E-state index contributed by atoms with van der Waals surface area (Å²) in [6.45, 7) is 4.73. The number of halogens is 3. The van der Waals surface area contributed by atoms with Crippen molar-refractivity contribution in [3.05, 3.63) is 64.7 Å². The van der Waals surface area contributed by atoms with Crippen molar-refractivity contribution in [2.24, 2.45) is 4.99 Å². The Morgan fingerprint density at radius 2 is 1.71 bits per heavy atom. The summed E-state index contributed by atoms with van der Waals surface area (Å²) in [5.74, 6) is 0.581. The minimum Gasteiger partial charge on any atom is -0.434 e. The molecule has 0 unspecified atom stereocenters. The summed E-state index contributed by atoms with van der Waals surface area (Å²) in [5, 5.41) is 9.03. The average Bonchev–Trinajstić information content (AvgIpc) is 2.72. The molecule has 2 aromatic rings. The van der Waals surface area contributed by atoms with Crippen molar-refractivity contribution in [2.45, 2.75) is 40.5 Å². The number of nitrogens with one attached hydrogen (secondary N) is 3. The minimum atomic E-state index is -2.88. The van der Waals surface area contributed by atoms with Gasteiger partial charge in [-0.1, -0.05) is 29.8 Å². The molecule has 0 aliphatic carbocycles. The summed E-state index contributed by atoms with van der Waals surface area (Å²) < 4.78 is 29.9. The van der Waals surface area contributed by atoms with Crippen molar-refractivity contribution in [1.82, 2.24) is 16.0 Å². The fraction of sp³-hybridized carbons (Fsp3) is 0.364. The van der Waals surface area contributed by atoms with Crippen LogP contribution in [0.3, 0.4) is 0 Å². The van der Waals surface area contributed by atoms with Crippen LogP contribution in [0.4, 0.5) is 8.78 Å². The summed E-state index contributed by atoms with van der Waals surface area (Å²) in [4.78, 5) is 16.4. The lowest BCUT2D eigenvalue weighted by Crippen LogP contribution is -2.36. The highest BCUT2D eigenvalue weighted by atomic mass is 127. The zero-order valence-corrected chi connectivity index (χ0v) is 20.2. The smallest absolute Gasteiger partial charge is 0.387 e. The molecule has 31 heavy (non-hydrogen) atoms. The van der Waals surface area contributed by atoms with E-state index in [9.17, 15) is 13.6 Å². The number of guanidine groups is 1. The molecular weight excluding hydrogens is 517 g/mol. The maximum atomic E-state index is 12.6. The summed E-state index contributed by atoms with van der Waals surface area (Å²) in [7, 11) is 0. The van der Waals surface area contributed by atoms with E-state index in [2.05, 4.69) is 25.7 Å². The second-order valence-corrected chi connectivity index (χ2v) is 6.59. The molecule has 170 valence electrons. The van der Waals surface area contributed by atoms with Crippen LogP contribution >= 0.6 is 24.0 Å². The molecule has 3 N–H and O–H groups in total. The Morgan fingerprint density at radius 3 is 2.32 bits per heavy atom. The summed E-state index contributed by atoms with van der Waals surface area (Å²) in [6, 6.07) is 12.3. The van der Waals surface area contributed by atoms with E-state index in [1.54, 1.807) is 30.3 Å². The Hall–Kier alpha value is -2.43. The van der Waals surface area contributed by atoms with Gasteiger partial charge < -0.3 is 20.7 Å². The lowest BCUT2D eigenvalue weighted by molar-refractivity contribution is -0.0504. The van der Waals surface area contributed by atoms with E-state index in [4.69, 9.17) is 0 Å². The van der Waals surface area contributed by atoms with E-state index in [0.29, 0.717) is 36.7 Å². The van der Waals surface area contributed by atoms with Crippen LogP contribution < -0.4 is 20.7 Å². The first-order valence-electron chi connectivity index (χ1n) is 9.86. The van der Waals surface area contributed by atoms with Gasteiger partial charge in [0.1, 0.15) is 5.75 Å². The van der Waals surface area contributed by atoms with Crippen LogP contribution in [0, 0.1) is 6.92 Å². The molecule has 0 saturated carbocycles. The van der Waals surface area contributed by atoms with Gasteiger partial charge in [-0.2, -0.15) is 8.78 Å². The Morgan fingerprint density at radius 1 is 1.03 bits per heavy atom. The first kappa shape index (κ1) is 26.6. The highest BCUT2D eigenvalue weighted by molar-refractivity contribution is 14.0. The molecule has 0 aliphatic heterocycles. The Bertz CT molecular complexity index is 861. The van der Waals surface area contributed by atoms with Crippen molar-refractivity contribution in [3.63, 3.8) is 0 Å². The van der Waals surface area contributed by atoms with E-state index in [1.165, 1.54) is 0 Å². The molecule has 0 saturated heterocycles. The van der Waals surface area contributed by atoms with Crippen molar-refractivity contribution >= 4 is 35.8 Å². The zero-order chi connectivity index (χ0) is 21.9. The molecule has 0 aliphatic rings. The highest BCUT2D eigenvalue weighted by Gasteiger charge is 2.10. The number of hydrogen-bond donors (Lipinski definition) is 3. The number of hydrogen-bond acceptors (Lipinski definition) is 3. The van der Waals surface area contributed by atoms with E-state index < -0.39 is 6.61 Å². The minimum absolute atomic E-state index is 0. The number of carbonyl (C=O) groups excluding carboxylic acids is 1. The van der Waals surface area contributed by atoms with E-state index in [0.717, 1.165) is 11.1 Å². The van der Waals surface area contributed by atoms with Gasteiger partial charge in [-0.15, -0.1) is 24.0 Å². The topological polar surface area (TPSA) is 74.8 Å². The number of ether oxygens (including phenoxy) is 1. The second-order valence-electron chi connectivity index (χ2n) is 6.59. The Kier molecular flexibility index (Phi) is 11.8. The first-order chi connectivity index (χ1) is 14.4. The number of rotatable bonds is 9. The molecular formula is C22H29F2IN4O2. The van der Waals surface area contributed by atoms with Gasteiger partial charge in [-0.05, 0) is 44.5 Å². The molecule has 2 rings (SSSR count). The van der Waals surface area contributed by atoms with Gasteiger partial charge in [0, 0.05) is 30.8 Å². The molecule has 0 bridgehead atoms. The summed E-state index contributed by atoms with van der Waals surface area (Å²) in [6.07, 6.45) is 0. The number of carbonyl (C=O) groups is 1. The summed E-state index contributed by atoms with van der Waals surface area (Å²) in [5.41, 5.74) is 3.10. The van der Waals surface area contributed by atoms with Gasteiger partial charge in [-0.3, -0.25) is 4.79 Å². The molecule has 0 heterocycles. The molecule has 9 heteroatoms. The molecule has 0 radical (unpaired) electrons. The third-order valence-electron chi connectivity index (χ3n) is 4.20. The molecule has 6 nitrogen and oxygen atoms in total. The van der Waals surface area contributed by atoms with Crippen LogP contribution in [0.15, 0.2) is 47.5 Å². The van der Waals surface area contributed by atoms with Gasteiger partial charge in [0.15, 0.2) is 5.96 Å². The lowest BCUT2D eigenvalue weighted by atomic mass is 10.1. The standard InChI is InChI=1S/C22H28F2N4O2.HI/c1-4-25-20(29)17-9-7-16(8-10-17)13-27-22(26-5-2)28-14-18-12-15(3)6-11-19(18)30-21(23)24;/h6-12,21H,4-5,13-14H2,1-3H3,(H,25,29)(H2,26,27,28);1H. The van der Waals surface area contributed by atoms with Crippen LogP contribution in [0.2, 0.25) is 0 Å². The molecule has 1 amide bonds. The van der Waals surface area contributed by atoms with Crippen molar-refractivity contribution in [1.29, 1.82) is 0 Å². The van der Waals surface area contributed by atoms with Crippen LogP contribution in [0.5, 0.6) is 5.75 Å². The number of nitrogens with zero attached hydrogens (tertiary/aromatic N) is 1. The predicted octanol–water partition coefficient (Wildman–Crippen LogP) is 4.22. The highest BCUT2D eigenvalue weighted by Crippen LogP contribution is 2.22. The maximum Gasteiger partial charge on any atom is 0.387 e. The van der Waals surface area contributed by atoms with Gasteiger partial charge >= 0.3 is 6.61 Å². The molecule has 0 atom stereocenters. The third-order valence-corrected chi connectivity index (χ3v) is 4.20. The van der Waals surface area contributed by atoms with Crippen LogP contribution in [0.25, 0.3) is 0 Å². The van der Waals surface area contributed by atoms with Gasteiger partial charge in [0.2, 0.25) is 0 Å². The molecule has 0 spiro atoms. The number of alkyl halides is 2. The van der Waals surface area contributed by atoms with Gasteiger partial charge in [0.05, 0.1) is 6.54 Å². The van der Waals surface area contributed by atoms with Crippen LogP contribution in [-0.2, 0) is 13.1 Å². The molecule has 2 aromatic carbocycles. The Labute approximate surface area is 198 Å². The van der Waals surface area contributed by atoms with Crippen LogP contribution in [-0.4, -0.2) is 31.6 Å². The quantitative estimate of drug-likeness (QED) is 0.250. The predicted molar refractivity (Wildman–Crippen MR) is 129 cm³/mol. The van der Waals surface area contributed by atoms with Crippen molar-refractivity contribution < 1.29 is 18.3 Å². The summed E-state index contributed by atoms with van der Waals surface area (Å²) >= 11 is 0. The molecule has 0 aromatic heterocycles. The molecule has 0 fully saturated rings. The van der Waals surface area contributed by atoms with Crippen molar-refractivity contribution in [2.75, 3.05) is 13.1 Å². The second kappa shape index (κ2) is 13.8. The number of benzene rings is 2. The average molecular weight is 546 g/mol. The first-order valence-corrected chi connectivity index (χ1v) is 9.86. The van der Waals surface area contributed by atoms with E-state index >= 15 is 0 Å². The zero-order valence-electron chi connectivity index (χ0n) is 17.9. The normalized spacial score (nSPS) is 11.0. The Balaban J connectivity index is 0.00000480. The monoisotopic (exact) mass is 546 g/mol. The number of amides is 1. The largest absolute Gasteiger partial charge is 0.434 e. The number of aliphatic imine (C=N–C) groups is 1. The van der Waals surface area contributed by atoms with Crippen molar-refractivity contribution in [3.8, 4) is 5.75 Å². The lowest BCUT2D eigenvalue weighted by Gasteiger charge is -2.15. The van der Waals surface area contributed by atoms with Gasteiger partial charge in [-0.25, -0.2) is 4.99 Å². The van der Waals surface area contributed by atoms with Gasteiger partial charge in [0.25, 0.3) is 5.91 Å². The fourth-order valence-electron chi connectivity index (χ4n) is 2.77. The van der Waals surface area contributed by atoms with Crippen LogP contribution in [0.1, 0.15) is 40.9 Å². The maximum absolute atomic E-state index is 12.6. The fourth-order valence-corrected chi connectivity index (χ4v) is 2.77. The van der Waals surface area contributed by atoms with E-state index in [1.807, 2.05) is 32.9 Å². The SMILES string of the molecule is CCNC(=O)c1ccc(CN=C(NCC)NCc2cc(C)ccc2OC(F)F)cc1.I. The third kappa shape index (κ3) is 9.07.